The van der Waals surface area contributed by atoms with Crippen molar-refractivity contribution in [2.24, 2.45) is 0 Å². The third-order valence-corrected chi connectivity index (χ3v) is 4.18. The summed E-state index contributed by atoms with van der Waals surface area (Å²) in [6.07, 6.45) is 0. The maximum Gasteiger partial charge on any atom is 0.186 e. The van der Waals surface area contributed by atoms with Crippen molar-refractivity contribution in [1.82, 2.24) is 9.78 Å². The molecule has 4 nitrogen and oxygen atoms in total. The summed E-state index contributed by atoms with van der Waals surface area (Å²) in [4.78, 5) is 0.337. The molecule has 0 aliphatic heterocycles. The van der Waals surface area contributed by atoms with Gasteiger partial charge in [0.2, 0.25) is 0 Å². The first-order valence-electron chi connectivity index (χ1n) is 6.27. The molecule has 1 unspecified atom stereocenters. The minimum absolute atomic E-state index is 0.337. The molecule has 3 rings (SSSR count). The van der Waals surface area contributed by atoms with Crippen LogP contribution in [0.15, 0.2) is 59.5 Å². The Labute approximate surface area is 139 Å². The Morgan fingerprint density at radius 2 is 1.77 bits per heavy atom. The fraction of sp³-hybridized carbons (Fsp3) is 0. The van der Waals surface area contributed by atoms with Crippen molar-refractivity contribution in [3.05, 3.63) is 64.8 Å². The fourth-order valence-electron chi connectivity index (χ4n) is 2.10. The van der Waals surface area contributed by atoms with Crippen LogP contribution in [0.2, 0.25) is 10.2 Å². The number of aromatic nitrogens is 2. The van der Waals surface area contributed by atoms with Crippen molar-refractivity contribution in [3.8, 4) is 16.9 Å². The predicted molar refractivity (Wildman–Crippen MR) is 88.1 cm³/mol. The molecule has 3 aromatic rings. The van der Waals surface area contributed by atoms with Crippen molar-refractivity contribution >= 4 is 34.3 Å². The third-order valence-electron chi connectivity index (χ3n) is 3.08. The second-order valence-electron chi connectivity index (χ2n) is 4.52. The van der Waals surface area contributed by atoms with Crippen LogP contribution in [0, 0.1) is 0 Å². The van der Waals surface area contributed by atoms with Crippen LogP contribution in [0.3, 0.4) is 0 Å². The first kappa shape index (κ1) is 15.2. The first-order chi connectivity index (χ1) is 10.5. The van der Waals surface area contributed by atoms with E-state index in [9.17, 15) is 4.21 Å². The number of nitrogens with zero attached hydrogens (tertiary/aromatic N) is 2. The van der Waals surface area contributed by atoms with Crippen molar-refractivity contribution < 1.29 is 8.76 Å². The van der Waals surface area contributed by atoms with Crippen LogP contribution in [-0.4, -0.2) is 18.5 Å². The molecule has 0 aliphatic rings. The highest BCUT2D eigenvalue weighted by molar-refractivity contribution is 7.79. The van der Waals surface area contributed by atoms with Crippen LogP contribution in [0.4, 0.5) is 0 Å². The highest BCUT2D eigenvalue weighted by atomic mass is 35.5. The van der Waals surface area contributed by atoms with E-state index in [-0.39, 0.29) is 0 Å². The predicted octanol–water partition coefficient (Wildman–Crippen LogP) is 4.43. The van der Waals surface area contributed by atoms with Gasteiger partial charge in [-0.05, 0) is 30.3 Å². The zero-order chi connectivity index (χ0) is 15.7. The molecule has 0 saturated carbocycles. The van der Waals surface area contributed by atoms with Crippen molar-refractivity contribution in [3.63, 3.8) is 0 Å². The lowest BCUT2D eigenvalue weighted by Crippen LogP contribution is -1.99. The Balaban J connectivity index is 2.10. The topological polar surface area (TPSA) is 55.1 Å². The molecule has 0 spiro atoms. The third kappa shape index (κ3) is 3.08. The van der Waals surface area contributed by atoms with Gasteiger partial charge in [0.1, 0.15) is 0 Å². The average molecular weight is 353 g/mol. The van der Waals surface area contributed by atoms with Crippen molar-refractivity contribution in [2.45, 2.75) is 4.90 Å². The Morgan fingerprint density at radius 3 is 2.41 bits per heavy atom. The SMILES string of the molecule is O=S(O)c1ccc(-c2cc(Cl)nn2-c2cccc(Cl)c2)cc1. The van der Waals surface area contributed by atoms with Crippen molar-refractivity contribution in [2.75, 3.05) is 0 Å². The highest BCUT2D eigenvalue weighted by Gasteiger charge is 2.11. The van der Waals surface area contributed by atoms with Gasteiger partial charge in [0.15, 0.2) is 16.2 Å². The molecule has 112 valence electrons. The summed E-state index contributed by atoms with van der Waals surface area (Å²) in [6, 6.07) is 15.7. The molecular formula is C15H10Cl2N2O2S. The van der Waals surface area contributed by atoms with E-state index >= 15 is 0 Å². The van der Waals surface area contributed by atoms with Gasteiger partial charge in [-0.2, -0.15) is 5.10 Å². The largest absolute Gasteiger partial charge is 0.302 e. The lowest BCUT2D eigenvalue weighted by atomic mass is 10.1. The lowest BCUT2D eigenvalue weighted by Gasteiger charge is -2.08. The van der Waals surface area contributed by atoms with Crippen LogP contribution >= 0.6 is 23.2 Å². The molecule has 2 aromatic carbocycles. The lowest BCUT2D eigenvalue weighted by molar-refractivity contribution is 0.564. The summed E-state index contributed by atoms with van der Waals surface area (Å²) in [6.45, 7) is 0. The Bertz CT molecular complexity index is 847. The molecule has 0 saturated heterocycles. The smallest absolute Gasteiger partial charge is 0.186 e. The van der Waals surface area contributed by atoms with Gasteiger partial charge in [-0.15, -0.1) is 0 Å². The quantitative estimate of drug-likeness (QED) is 0.709. The minimum atomic E-state index is -2.00. The molecule has 0 aliphatic carbocycles. The van der Waals surface area contributed by atoms with E-state index in [1.54, 1.807) is 47.1 Å². The van der Waals surface area contributed by atoms with E-state index in [0.29, 0.717) is 15.1 Å². The first-order valence-corrected chi connectivity index (χ1v) is 8.13. The van der Waals surface area contributed by atoms with Crippen LogP contribution < -0.4 is 0 Å². The molecule has 1 atom stereocenters. The van der Waals surface area contributed by atoms with Crippen LogP contribution in [-0.2, 0) is 11.1 Å². The van der Waals surface area contributed by atoms with Gasteiger partial charge in [0.25, 0.3) is 0 Å². The summed E-state index contributed by atoms with van der Waals surface area (Å²) in [5.41, 5.74) is 2.38. The van der Waals surface area contributed by atoms with Gasteiger partial charge in [-0.25, -0.2) is 8.89 Å². The number of rotatable bonds is 3. The van der Waals surface area contributed by atoms with Gasteiger partial charge in [-0.3, -0.25) is 0 Å². The molecular weight excluding hydrogens is 343 g/mol. The maximum absolute atomic E-state index is 11.0. The van der Waals surface area contributed by atoms with E-state index in [1.165, 1.54) is 0 Å². The monoisotopic (exact) mass is 352 g/mol. The van der Waals surface area contributed by atoms with Crippen LogP contribution in [0.5, 0.6) is 0 Å². The maximum atomic E-state index is 11.0. The van der Waals surface area contributed by atoms with E-state index in [4.69, 9.17) is 27.8 Å². The van der Waals surface area contributed by atoms with Crippen LogP contribution in [0.1, 0.15) is 0 Å². The van der Waals surface area contributed by atoms with Gasteiger partial charge in [0.05, 0.1) is 16.3 Å². The van der Waals surface area contributed by atoms with E-state index in [0.717, 1.165) is 16.9 Å². The molecule has 1 aromatic heterocycles. The molecule has 0 amide bonds. The number of hydrogen-bond donors (Lipinski definition) is 1. The van der Waals surface area contributed by atoms with Gasteiger partial charge in [0, 0.05) is 16.7 Å². The molecule has 1 N–H and O–H groups in total. The Kier molecular flexibility index (Phi) is 4.31. The second kappa shape index (κ2) is 6.22. The Morgan fingerprint density at radius 1 is 1.05 bits per heavy atom. The van der Waals surface area contributed by atoms with Gasteiger partial charge in [-0.1, -0.05) is 41.4 Å². The molecule has 22 heavy (non-hydrogen) atoms. The Hall–Kier alpha value is -1.66. The van der Waals surface area contributed by atoms with Gasteiger partial charge < -0.3 is 4.55 Å². The van der Waals surface area contributed by atoms with E-state index in [2.05, 4.69) is 5.10 Å². The van der Waals surface area contributed by atoms with Crippen LogP contribution in [0.25, 0.3) is 16.9 Å². The minimum Gasteiger partial charge on any atom is -0.302 e. The summed E-state index contributed by atoms with van der Waals surface area (Å²) >= 11 is 10.1. The summed E-state index contributed by atoms with van der Waals surface area (Å²) in [5, 5.41) is 5.22. The molecule has 0 radical (unpaired) electrons. The number of hydrogen-bond acceptors (Lipinski definition) is 2. The van der Waals surface area contributed by atoms with Gasteiger partial charge >= 0.3 is 0 Å². The van der Waals surface area contributed by atoms with E-state index in [1.807, 2.05) is 12.1 Å². The summed E-state index contributed by atoms with van der Waals surface area (Å²) < 4.78 is 21.8. The number of halogens is 2. The highest BCUT2D eigenvalue weighted by Crippen LogP contribution is 2.27. The number of benzene rings is 2. The zero-order valence-electron chi connectivity index (χ0n) is 11.1. The molecule has 1 heterocycles. The fourth-order valence-corrected chi connectivity index (χ4v) is 2.84. The normalized spacial score (nSPS) is 12.3. The average Bonchev–Trinajstić information content (AvgIpc) is 2.89. The standard InChI is InChI=1S/C15H10Cl2N2O2S/c16-11-2-1-3-12(8-11)19-14(9-15(17)18-19)10-4-6-13(7-5-10)22(20)21/h1-9H,(H,20,21). The zero-order valence-corrected chi connectivity index (χ0v) is 13.4. The van der Waals surface area contributed by atoms with Crippen molar-refractivity contribution in [1.29, 1.82) is 0 Å². The summed E-state index contributed by atoms with van der Waals surface area (Å²) in [5.74, 6) is 0. The second-order valence-corrected chi connectivity index (χ2v) is 6.31. The molecule has 0 fully saturated rings. The summed E-state index contributed by atoms with van der Waals surface area (Å²) in [7, 11) is 0. The van der Waals surface area contributed by atoms with E-state index < -0.39 is 11.1 Å². The molecule has 0 bridgehead atoms. The molecule has 7 heteroatoms.